The van der Waals surface area contributed by atoms with Gasteiger partial charge in [0, 0.05) is 22.6 Å². The Kier molecular flexibility index (Phi) is 4.26. The molecule has 0 amide bonds. The van der Waals surface area contributed by atoms with E-state index in [1.807, 2.05) is 18.2 Å². The molecule has 0 fully saturated rings. The van der Waals surface area contributed by atoms with Gasteiger partial charge in [0.2, 0.25) is 0 Å². The van der Waals surface area contributed by atoms with E-state index in [1.165, 1.54) is 6.07 Å². The van der Waals surface area contributed by atoms with Gasteiger partial charge in [-0.25, -0.2) is 4.39 Å². The monoisotopic (exact) mass is 376 g/mol. The summed E-state index contributed by atoms with van der Waals surface area (Å²) in [7, 11) is 0. The molecule has 3 rings (SSSR count). The predicted molar refractivity (Wildman–Crippen MR) is 93.5 cm³/mol. The molecular weight excluding hydrogens is 367 g/mol. The molecule has 0 saturated heterocycles. The number of hydrogen-bond acceptors (Lipinski definition) is 3. The standard InChI is InChI=1S/C15H10BrFN4S/c16-9-1-3-12(11(17)7-9)21-15(22)20-10-2-4-13-14(8-10)19-6-5-18-13/h1-8H,(H2,20,21,22). The van der Waals surface area contributed by atoms with E-state index in [-0.39, 0.29) is 5.82 Å². The number of aromatic nitrogens is 2. The molecule has 22 heavy (non-hydrogen) atoms. The molecule has 2 aromatic carbocycles. The highest BCUT2D eigenvalue weighted by atomic mass is 79.9. The van der Waals surface area contributed by atoms with Crippen LogP contribution in [0.5, 0.6) is 0 Å². The molecule has 0 aliphatic rings. The van der Waals surface area contributed by atoms with Crippen molar-refractivity contribution in [3.8, 4) is 0 Å². The third-order valence-electron chi connectivity index (χ3n) is 2.91. The van der Waals surface area contributed by atoms with Crippen LogP contribution in [0.1, 0.15) is 0 Å². The molecule has 0 radical (unpaired) electrons. The Balaban J connectivity index is 1.75. The fourth-order valence-corrected chi connectivity index (χ4v) is 2.48. The van der Waals surface area contributed by atoms with Crippen LogP contribution in [-0.2, 0) is 0 Å². The number of anilines is 2. The maximum atomic E-state index is 13.8. The van der Waals surface area contributed by atoms with Crippen LogP contribution >= 0.6 is 28.1 Å². The molecule has 0 atom stereocenters. The van der Waals surface area contributed by atoms with Crippen LogP contribution in [0.3, 0.4) is 0 Å². The van der Waals surface area contributed by atoms with Gasteiger partial charge in [-0.05, 0) is 48.6 Å². The summed E-state index contributed by atoms with van der Waals surface area (Å²) in [5, 5.41) is 6.12. The number of benzene rings is 2. The zero-order valence-electron chi connectivity index (χ0n) is 11.2. The fourth-order valence-electron chi connectivity index (χ4n) is 1.92. The summed E-state index contributed by atoms with van der Waals surface area (Å²) in [5.74, 6) is -0.386. The molecule has 3 aromatic rings. The van der Waals surface area contributed by atoms with Gasteiger partial charge >= 0.3 is 0 Å². The van der Waals surface area contributed by atoms with Crippen LogP contribution in [-0.4, -0.2) is 15.1 Å². The van der Waals surface area contributed by atoms with E-state index >= 15 is 0 Å². The average Bonchev–Trinajstić information content (AvgIpc) is 2.50. The van der Waals surface area contributed by atoms with Gasteiger partial charge in [0.1, 0.15) is 5.82 Å². The summed E-state index contributed by atoms with van der Waals surface area (Å²) < 4.78 is 14.4. The SMILES string of the molecule is Fc1cc(Br)ccc1NC(=S)Nc1ccc2nccnc2c1. The van der Waals surface area contributed by atoms with Crippen LogP contribution < -0.4 is 10.6 Å². The van der Waals surface area contributed by atoms with E-state index in [2.05, 4.69) is 36.5 Å². The number of hydrogen-bond donors (Lipinski definition) is 2. The first kappa shape index (κ1) is 14.8. The fraction of sp³-hybridized carbons (Fsp3) is 0. The Morgan fingerprint density at radius 2 is 1.77 bits per heavy atom. The second kappa shape index (κ2) is 6.33. The molecule has 2 N–H and O–H groups in total. The summed E-state index contributed by atoms with van der Waals surface area (Å²) in [6, 6.07) is 10.2. The molecule has 0 aliphatic heterocycles. The Hall–Kier alpha value is -2.12. The minimum atomic E-state index is -0.386. The van der Waals surface area contributed by atoms with E-state index in [0.717, 1.165) is 16.7 Å². The lowest BCUT2D eigenvalue weighted by Crippen LogP contribution is -2.19. The molecule has 1 heterocycles. The van der Waals surface area contributed by atoms with Crippen LogP contribution in [0.25, 0.3) is 11.0 Å². The smallest absolute Gasteiger partial charge is 0.175 e. The summed E-state index contributed by atoms with van der Waals surface area (Å²) in [6.07, 6.45) is 3.26. The van der Waals surface area contributed by atoms with Gasteiger partial charge in [-0.2, -0.15) is 0 Å². The number of fused-ring (bicyclic) bond motifs is 1. The number of nitrogens with one attached hydrogen (secondary N) is 2. The molecule has 110 valence electrons. The molecule has 4 nitrogen and oxygen atoms in total. The zero-order chi connectivity index (χ0) is 15.5. The van der Waals surface area contributed by atoms with Crippen LogP contribution in [0.4, 0.5) is 15.8 Å². The molecule has 7 heteroatoms. The Morgan fingerprint density at radius 3 is 2.55 bits per heavy atom. The van der Waals surface area contributed by atoms with Gasteiger partial charge < -0.3 is 10.6 Å². The quantitative estimate of drug-likeness (QED) is 0.651. The number of nitrogens with zero attached hydrogens (tertiary/aromatic N) is 2. The van der Waals surface area contributed by atoms with Gasteiger partial charge in [-0.3, -0.25) is 9.97 Å². The van der Waals surface area contributed by atoms with Gasteiger partial charge in [0.05, 0.1) is 16.7 Å². The number of thiocarbonyl (C=S) groups is 1. The van der Waals surface area contributed by atoms with Crippen molar-refractivity contribution >= 4 is 55.7 Å². The molecule has 0 unspecified atom stereocenters. The topological polar surface area (TPSA) is 49.8 Å². The molecule has 0 saturated carbocycles. The van der Waals surface area contributed by atoms with Crippen molar-refractivity contribution in [3.05, 3.63) is 59.1 Å². The number of halogens is 2. The summed E-state index contributed by atoms with van der Waals surface area (Å²) >= 11 is 8.41. The average molecular weight is 377 g/mol. The number of rotatable bonds is 2. The Morgan fingerprint density at radius 1 is 1.00 bits per heavy atom. The van der Waals surface area contributed by atoms with Crippen molar-refractivity contribution < 1.29 is 4.39 Å². The molecule has 0 aliphatic carbocycles. The highest BCUT2D eigenvalue weighted by molar-refractivity contribution is 9.10. The summed E-state index contributed by atoms with van der Waals surface area (Å²) in [6.45, 7) is 0. The van der Waals surface area contributed by atoms with Crippen LogP contribution in [0.2, 0.25) is 0 Å². The maximum Gasteiger partial charge on any atom is 0.175 e. The lowest BCUT2D eigenvalue weighted by molar-refractivity contribution is 0.631. The van der Waals surface area contributed by atoms with E-state index in [9.17, 15) is 4.39 Å². The van der Waals surface area contributed by atoms with Crippen LogP contribution in [0.15, 0.2) is 53.3 Å². The first-order valence-corrected chi connectivity index (χ1v) is 7.56. The minimum absolute atomic E-state index is 0.296. The second-order valence-electron chi connectivity index (χ2n) is 4.46. The highest BCUT2D eigenvalue weighted by Crippen LogP contribution is 2.20. The van der Waals surface area contributed by atoms with Crippen molar-refractivity contribution in [1.29, 1.82) is 0 Å². The van der Waals surface area contributed by atoms with Gasteiger partial charge in [-0.15, -0.1) is 0 Å². The van der Waals surface area contributed by atoms with E-state index in [1.54, 1.807) is 24.5 Å². The first-order chi connectivity index (χ1) is 10.6. The summed E-state index contributed by atoms with van der Waals surface area (Å²) in [4.78, 5) is 8.42. The maximum absolute atomic E-state index is 13.8. The third kappa shape index (κ3) is 3.37. The van der Waals surface area contributed by atoms with Gasteiger partial charge in [-0.1, -0.05) is 15.9 Å². The Bertz CT molecular complexity index is 856. The van der Waals surface area contributed by atoms with Gasteiger partial charge in [0.15, 0.2) is 5.11 Å². The zero-order valence-corrected chi connectivity index (χ0v) is 13.6. The van der Waals surface area contributed by atoms with Crippen molar-refractivity contribution in [1.82, 2.24) is 9.97 Å². The van der Waals surface area contributed by atoms with Crippen molar-refractivity contribution in [3.63, 3.8) is 0 Å². The highest BCUT2D eigenvalue weighted by Gasteiger charge is 2.06. The van der Waals surface area contributed by atoms with Crippen molar-refractivity contribution in [2.75, 3.05) is 10.6 Å². The summed E-state index contributed by atoms with van der Waals surface area (Å²) in [5.41, 5.74) is 2.61. The van der Waals surface area contributed by atoms with E-state index in [0.29, 0.717) is 15.3 Å². The third-order valence-corrected chi connectivity index (χ3v) is 3.60. The lowest BCUT2D eigenvalue weighted by Gasteiger charge is -2.11. The molecular formula is C15H10BrFN4S. The van der Waals surface area contributed by atoms with E-state index in [4.69, 9.17) is 12.2 Å². The molecule has 0 bridgehead atoms. The molecule has 1 aromatic heterocycles. The van der Waals surface area contributed by atoms with E-state index < -0.39 is 0 Å². The van der Waals surface area contributed by atoms with Crippen molar-refractivity contribution in [2.24, 2.45) is 0 Å². The first-order valence-electron chi connectivity index (χ1n) is 6.36. The lowest BCUT2D eigenvalue weighted by atomic mass is 10.2. The second-order valence-corrected chi connectivity index (χ2v) is 5.79. The predicted octanol–water partition coefficient (Wildman–Crippen LogP) is 4.34. The largest absolute Gasteiger partial charge is 0.332 e. The Labute approximate surface area is 139 Å². The van der Waals surface area contributed by atoms with Crippen molar-refractivity contribution in [2.45, 2.75) is 0 Å². The van der Waals surface area contributed by atoms with Gasteiger partial charge in [0.25, 0.3) is 0 Å². The molecule has 0 spiro atoms. The normalized spacial score (nSPS) is 10.5. The van der Waals surface area contributed by atoms with Crippen LogP contribution in [0, 0.1) is 5.82 Å². The minimum Gasteiger partial charge on any atom is -0.332 e.